The van der Waals surface area contributed by atoms with Crippen molar-refractivity contribution in [3.63, 3.8) is 0 Å². The lowest BCUT2D eigenvalue weighted by Gasteiger charge is -2.29. The molecule has 2 N–H and O–H groups in total. The number of fused-ring (bicyclic) bond motifs is 1. The largest absolute Gasteiger partial charge is 0.338 e. The first-order chi connectivity index (χ1) is 14.5. The van der Waals surface area contributed by atoms with Gasteiger partial charge in [0, 0.05) is 37.3 Å². The zero-order chi connectivity index (χ0) is 22.8. The molecular weight excluding hydrogens is 438 g/mol. The van der Waals surface area contributed by atoms with E-state index in [-0.39, 0.29) is 22.6 Å². The van der Waals surface area contributed by atoms with Gasteiger partial charge in [-0.3, -0.25) is 14.3 Å². The average molecular weight is 464 g/mol. The lowest BCUT2D eigenvalue weighted by molar-refractivity contribution is -0.129. The Bertz CT molecular complexity index is 1100. The minimum absolute atomic E-state index is 0.0290. The van der Waals surface area contributed by atoms with Gasteiger partial charge in [0.15, 0.2) is 0 Å². The smallest absolute Gasteiger partial charge is 0.262 e. The number of nitrogens with one attached hydrogen (secondary N) is 2. The van der Waals surface area contributed by atoms with E-state index in [4.69, 9.17) is 11.6 Å². The van der Waals surface area contributed by atoms with Gasteiger partial charge in [-0.25, -0.2) is 8.42 Å². The van der Waals surface area contributed by atoms with Crippen LogP contribution in [0.3, 0.4) is 0 Å². The van der Waals surface area contributed by atoms with Gasteiger partial charge >= 0.3 is 0 Å². The van der Waals surface area contributed by atoms with Crippen LogP contribution in [0.2, 0.25) is 0 Å². The first-order valence-corrected chi connectivity index (χ1v) is 11.9. The normalized spacial score (nSPS) is 14.0. The van der Waals surface area contributed by atoms with Crippen LogP contribution in [0.1, 0.15) is 31.9 Å². The van der Waals surface area contributed by atoms with Crippen molar-refractivity contribution in [2.45, 2.75) is 38.6 Å². The van der Waals surface area contributed by atoms with E-state index in [9.17, 15) is 18.0 Å². The summed E-state index contributed by atoms with van der Waals surface area (Å²) in [6.07, 6.45) is 0.479. The van der Waals surface area contributed by atoms with Gasteiger partial charge in [0.2, 0.25) is 11.8 Å². The minimum atomic E-state index is -3.81. The summed E-state index contributed by atoms with van der Waals surface area (Å²) in [7, 11) is -3.81. The van der Waals surface area contributed by atoms with Crippen molar-refractivity contribution in [3.8, 4) is 0 Å². The Balaban J connectivity index is 1.77. The maximum Gasteiger partial charge on any atom is 0.262 e. The molecule has 1 heterocycles. The molecule has 1 aliphatic rings. The van der Waals surface area contributed by atoms with Crippen LogP contribution in [0.4, 0.5) is 11.4 Å². The van der Waals surface area contributed by atoms with Crippen LogP contribution in [-0.2, 0) is 32.6 Å². The van der Waals surface area contributed by atoms with Gasteiger partial charge in [0.25, 0.3) is 10.0 Å². The Kier molecular flexibility index (Phi) is 6.62. The van der Waals surface area contributed by atoms with E-state index in [0.717, 1.165) is 11.1 Å². The van der Waals surface area contributed by atoms with Crippen LogP contribution in [0.25, 0.3) is 0 Å². The molecule has 3 rings (SSSR count). The van der Waals surface area contributed by atoms with Gasteiger partial charge in [-0.15, -0.1) is 11.6 Å². The van der Waals surface area contributed by atoms with Gasteiger partial charge in [0.1, 0.15) is 0 Å². The predicted octanol–water partition coefficient (Wildman–Crippen LogP) is 3.60. The Morgan fingerprint density at radius 1 is 1.10 bits per heavy atom. The van der Waals surface area contributed by atoms with E-state index in [1.807, 2.05) is 6.07 Å². The predicted molar refractivity (Wildman–Crippen MR) is 122 cm³/mol. The molecule has 0 aliphatic carbocycles. The van der Waals surface area contributed by atoms with Crippen LogP contribution in [0.15, 0.2) is 47.4 Å². The number of sulfonamides is 1. The molecule has 166 valence electrons. The molecule has 7 nitrogen and oxygen atoms in total. The SMILES string of the molecule is CC(=O)N1CCc2c(cccc2S(=O)(=O)Nc2ccc(NC(=O)C(C)(C)CCl)cc2)C1. The molecule has 31 heavy (non-hydrogen) atoms. The molecule has 2 amide bonds. The van der Waals surface area contributed by atoms with Crippen LogP contribution >= 0.6 is 11.6 Å². The lowest BCUT2D eigenvalue weighted by Crippen LogP contribution is -2.35. The highest BCUT2D eigenvalue weighted by Gasteiger charge is 2.27. The Morgan fingerprint density at radius 2 is 1.74 bits per heavy atom. The first kappa shape index (κ1) is 23.1. The van der Waals surface area contributed by atoms with Gasteiger partial charge in [-0.1, -0.05) is 12.1 Å². The Hall–Kier alpha value is -2.58. The van der Waals surface area contributed by atoms with Crippen LogP contribution in [0, 0.1) is 5.41 Å². The minimum Gasteiger partial charge on any atom is -0.338 e. The van der Waals surface area contributed by atoms with Crippen LogP contribution < -0.4 is 10.0 Å². The zero-order valence-corrected chi connectivity index (χ0v) is 19.3. The molecule has 0 radical (unpaired) electrons. The Labute approximate surface area is 187 Å². The lowest BCUT2D eigenvalue weighted by atomic mass is 9.95. The first-order valence-electron chi connectivity index (χ1n) is 9.90. The maximum absolute atomic E-state index is 13.0. The van der Waals surface area contributed by atoms with E-state index < -0.39 is 15.4 Å². The molecule has 0 bridgehead atoms. The fraction of sp³-hybridized carbons (Fsp3) is 0.364. The van der Waals surface area contributed by atoms with Crippen molar-refractivity contribution in [3.05, 3.63) is 53.6 Å². The molecule has 0 atom stereocenters. The molecule has 1 aliphatic heterocycles. The molecule has 2 aromatic rings. The highest BCUT2D eigenvalue weighted by atomic mass is 35.5. The van der Waals surface area contributed by atoms with Gasteiger partial charge in [-0.2, -0.15) is 0 Å². The number of rotatable bonds is 6. The van der Waals surface area contributed by atoms with Gasteiger partial charge < -0.3 is 10.2 Å². The summed E-state index contributed by atoms with van der Waals surface area (Å²) in [6, 6.07) is 11.6. The average Bonchev–Trinajstić information content (AvgIpc) is 2.73. The monoisotopic (exact) mass is 463 g/mol. The molecule has 0 spiro atoms. The molecule has 0 aromatic heterocycles. The van der Waals surface area contributed by atoms with Crippen molar-refractivity contribution in [1.82, 2.24) is 4.90 Å². The van der Waals surface area contributed by atoms with E-state index in [0.29, 0.717) is 30.9 Å². The van der Waals surface area contributed by atoms with Crippen LogP contribution in [0.5, 0.6) is 0 Å². The summed E-state index contributed by atoms with van der Waals surface area (Å²) in [5.74, 6) is -0.0625. The van der Waals surface area contributed by atoms with Crippen molar-refractivity contribution in [2.75, 3.05) is 22.5 Å². The number of nitrogens with zero attached hydrogens (tertiary/aromatic N) is 1. The second kappa shape index (κ2) is 8.88. The zero-order valence-electron chi connectivity index (χ0n) is 17.7. The number of alkyl halides is 1. The topological polar surface area (TPSA) is 95.6 Å². The van der Waals surface area contributed by atoms with Crippen LogP contribution in [-0.4, -0.2) is 37.6 Å². The van der Waals surface area contributed by atoms with E-state index >= 15 is 0 Å². The summed E-state index contributed by atoms with van der Waals surface area (Å²) >= 11 is 5.83. The Morgan fingerprint density at radius 3 is 2.35 bits per heavy atom. The van der Waals surface area contributed by atoms with Crippen molar-refractivity contribution in [1.29, 1.82) is 0 Å². The number of benzene rings is 2. The molecule has 0 saturated carbocycles. The fourth-order valence-corrected chi connectivity index (χ4v) is 4.78. The van der Waals surface area contributed by atoms with E-state index in [1.54, 1.807) is 55.1 Å². The number of anilines is 2. The molecule has 9 heteroatoms. The highest BCUT2D eigenvalue weighted by Crippen LogP contribution is 2.28. The van der Waals surface area contributed by atoms with Crippen molar-refractivity contribution >= 4 is 44.8 Å². The third kappa shape index (κ3) is 5.19. The molecule has 2 aromatic carbocycles. The molecule has 0 saturated heterocycles. The summed E-state index contributed by atoms with van der Waals surface area (Å²) in [5.41, 5.74) is 1.79. The fourth-order valence-electron chi connectivity index (χ4n) is 3.29. The second-order valence-electron chi connectivity index (χ2n) is 8.24. The van der Waals surface area contributed by atoms with Gasteiger partial charge in [0.05, 0.1) is 10.3 Å². The molecule has 0 fully saturated rings. The summed E-state index contributed by atoms with van der Waals surface area (Å²) in [6.45, 7) is 5.89. The number of amides is 2. The third-order valence-electron chi connectivity index (χ3n) is 5.30. The summed E-state index contributed by atoms with van der Waals surface area (Å²) in [5, 5.41) is 2.78. The molecular formula is C22H26ClN3O4S. The van der Waals surface area contributed by atoms with E-state index in [1.165, 1.54) is 6.92 Å². The quantitative estimate of drug-likeness (QED) is 0.640. The van der Waals surface area contributed by atoms with Crippen molar-refractivity contribution < 1.29 is 18.0 Å². The van der Waals surface area contributed by atoms with Crippen molar-refractivity contribution in [2.24, 2.45) is 5.41 Å². The highest BCUT2D eigenvalue weighted by molar-refractivity contribution is 7.92. The second-order valence-corrected chi connectivity index (χ2v) is 10.2. The number of carbonyl (C=O) groups excluding carboxylic acids is 2. The summed E-state index contributed by atoms with van der Waals surface area (Å²) in [4.78, 5) is 25.8. The molecule has 0 unspecified atom stereocenters. The summed E-state index contributed by atoms with van der Waals surface area (Å²) < 4.78 is 28.7. The maximum atomic E-state index is 13.0. The third-order valence-corrected chi connectivity index (χ3v) is 7.44. The number of carbonyl (C=O) groups is 2. The number of hydrogen-bond donors (Lipinski definition) is 2. The van der Waals surface area contributed by atoms with E-state index in [2.05, 4.69) is 10.0 Å². The number of hydrogen-bond acceptors (Lipinski definition) is 4. The number of halogens is 1. The van der Waals surface area contributed by atoms with Gasteiger partial charge in [-0.05, 0) is 61.7 Å². The standard InChI is InChI=1S/C22H26ClN3O4S/c1-15(27)26-12-11-19-16(13-26)5-4-6-20(19)31(29,30)25-18-9-7-17(8-10-18)24-21(28)22(2,3)14-23/h4-10,25H,11-14H2,1-3H3,(H,24,28).